The number of hydrogen-bond acceptors (Lipinski definition) is 0. The molecule has 0 aliphatic carbocycles. The summed E-state index contributed by atoms with van der Waals surface area (Å²) in [4.78, 5) is -1.98. The Morgan fingerprint density at radius 2 is 1.62 bits per heavy atom. The van der Waals surface area contributed by atoms with Gasteiger partial charge < -0.3 is 0 Å². The van der Waals surface area contributed by atoms with Crippen molar-refractivity contribution >= 4 is 21.8 Å². The minimum absolute atomic E-state index is 0.143. The zero-order valence-electron chi connectivity index (χ0n) is 5.91. The first-order chi connectivity index (χ1) is 5.49. The molecule has 0 bridgehead atoms. The summed E-state index contributed by atoms with van der Waals surface area (Å²) in [5.74, 6) is 0. The Labute approximate surface area is 76.0 Å². The second kappa shape index (κ2) is 2.12. The van der Waals surface area contributed by atoms with Gasteiger partial charge in [-0.2, -0.15) is 0 Å². The molecule has 0 amide bonds. The van der Waals surface area contributed by atoms with Gasteiger partial charge >= 0.3 is 10.2 Å². The summed E-state index contributed by atoms with van der Waals surface area (Å²) < 4.78 is 60.1. The molecule has 7 heteroatoms. The molecule has 0 aliphatic rings. The maximum Gasteiger partial charge on any atom is 0.310 e. The second-order valence-corrected chi connectivity index (χ2v) is 5.16. The summed E-state index contributed by atoms with van der Waals surface area (Å²) in [6, 6.07) is 2.95. The van der Waals surface area contributed by atoms with Crippen LogP contribution in [0.3, 0.4) is 0 Å². The van der Waals surface area contributed by atoms with Crippen LogP contribution in [0.25, 0.3) is 0 Å². The lowest BCUT2D eigenvalue weighted by atomic mass is 10.4. The molecule has 0 aromatic heterocycles. The van der Waals surface area contributed by atoms with Crippen LogP contribution in [0.2, 0.25) is 5.02 Å². The molecule has 0 saturated heterocycles. The summed E-state index contributed by atoms with van der Waals surface area (Å²) >= 11 is 5.20. The van der Waals surface area contributed by atoms with Crippen molar-refractivity contribution in [1.82, 2.24) is 0 Å². The van der Waals surface area contributed by atoms with Crippen LogP contribution in [-0.4, -0.2) is 0 Å². The van der Waals surface area contributed by atoms with E-state index in [1.165, 1.54) is 0 Å². The molecule has 1 aromatic rings. The Morgan fingerprint density at radius 3 is 1.92 bits per heavy atom. The number of hydrogen-bond donors (Lipinski definition) is 0. The van der Waals surface area contributed by atoms with Gasteiger partial charge in [0, 0.05) is 11.1 Å². The average Bonchev–Trinajstić information content (AvgIpc) is 1.82. The maximum absolute atomic E-state index is 12.0. The molecule has 13 heavy (non-hydrogen) atoms. The topological polar surface area (TPSA) is 0 Å². The second-order valence-electron chi connectivity index (χ2n) is 2.34. The van der Waals surface area contributed by atoms with E-state index in [0.29, 0.717) is 0 Å². The van der Waals surface area contributed by atoms with Crippen molar-refractivity contribution < 1.29 is 19.4 Å². The van der Waals surface area contributed by atoms with Crippen molar-refractivity contribution in [2.45, 2.75) is 4.90 Å². The summed E-state index contributed by atoms with van der Waals surface area (Å²) in [6.07, 6.45) is 0. The predicted octanol–water partition coefficient (Wildman–Crippen LogP) is 4.80. The van der Waals surface area contributed by atoms with E-state index in [0.717, 1.165) is 6.07 Å². The van der Waals surface area contributed by atoms with Gasteiger partial charge in [0.1, 0.15) is 4.90 Å². The third-order valence-electron chi connectivity index (χ3n) is 1.19. The monoisotopic (exact) mass is 237 g/mol. The van der Waals surface area contributed by atoms with Gasteiger partial charge in [-0.1, -0.05) is 31.0 Å². The van der Waals surface area contributed by atoms with Crippen molar-refractivity contribution in [2.75, 3.05) is 0 Å². The van der Waals surface area contributed by atoms with Crippen molar-refractivity contribution in [3.8, 4) is 0 Å². The normalized spacial score (nSPS) is 17.7. The lowest BCUT2D eigenvalue weighted by molar-refractivity contribution is 0.364. The van der Waals surface area contributed by atoms with Crippen LogP contribution < -0.4 is 0 Å². The van der Waals surface area contributed by atoms with Crippen LogP contribution in [0.4, 0.5) is 19.4 Å². The van der Waals surface area contributed by atoms with Crippen LogP contribution in [-0.2, 0) is 0 Å². The van der Waals surface area contributed by atoms with Crippen LogP contribution in [0.15, 0.2) is 23.1 Å². The van der Waals surface area contributed by atoms with E-state index >= 15 is 0 Å². The first-order valence-electron chi connectivity index (χ1n) is 2.90. The number of halogens is 6. The zero-order chi connectivity index (χ0) is 10.4. The highest BCUT2D eigenvalue weighted by atomic mass is 35.5. The van der Waals surface area contributed by atoms with Gasteiger partial charge in [-0.25, -0.2) is 0 Å². The third kappa shape index (κ3) is 2.73. The van der Waals surface area contributed by atoms with Crippen LogP contribution in [0.1, 0.15) is 0 Å². The fourth-order valence-electron chi connectivity index (χ4n) is 0.632. The molecule has 0 spiro atoms. The first kappa shape index (κ1) is 10.6. The molecule has 75 valence electrons. The summed E-state index contributed by atoms with van der Waals surface area (Å²) in [7, 11) is -9.54. The average molecular weight is 238 g/mol. The Bertz CT molecular complexity index is 325. The third-order valence-corrected chi connectivity index (χ3v) is 2.57. The molecule has 0 fully saturated rings. The first-order valence-corrected chi connectivity index (χ1v) is 5.23. The highest BCUT2D eigenvalue weighted by molar-refractivity contribution is 8.45. The molecule has 0 aliphatic heterocycles. The smallest absolute Gasteiger partial charge is 0.0936 e. The Kier molecular flexibility index (Phi) is 1.72. The zero-order valence-corrected chi connectivity index (χ0v) is 7.48. The van der Waals surface area contributed by atoms with E-state index < -0.39 is 15.1 Å². The molecule has 0 saturated carbocycles. The number of rotatable bonds is 1. The molecule has 0 N–H and O–H groups in total. The largest absolute Gasteiger partial charge is 0.310 e. The van der Waals surface area contributed by atoms with Crippen LogP contribution >= 0.6 is 21.8 Å². The quantitative estimate of drug-likeness (QED) is 0.616. The van der Waals surface area contributed by atoms with Gasteiger partial charge in [0.05, 0.1) is 0 Å². The SMILES string of the molecule is FS(F)(F)(F)(F)c1c[c]c(Cl)cc1. The molecule has 0 nitrogen and oxygen atoms in total. The van der Waals surface area contributed by atoms with Crippen molar-refractivity contribution in [3.63, 3.8) is 0 Å². The van der Waals surface area contributed by atoms with Crippen LogP contribution in [0, 0.1) is 6.07 Å². The van der Waals surface area contributed by atoms with E-state index in [2.05, 4.69) is 0 Å². The van der Waals surface area contributed by atoms with Gasteiger partial charge in [-0.15, -0.1) is 0 Å². The lowest BCUT2D eigenvalue weighted by Crippen LogP contribution is -2.05. The minimum Gasteiger partial charge on any atom is -0.0936 e. The Balaban J connectivity index is 3.34. The van der Waals surface area contributed by atoms with E-state index in [1.54, 1.807) is 0 Å². The standard InChI is InChI=1S/C6H3ClF5S/c7-5-1-3-6(4-2-5)13(8,9,10,11)12/h1,3-4H. The highest BCUT2D eigenvalue weighted by Gasteiger charge is 2.65. The molecule has 1 rings (SSSR count). The summed E-state index contributed by atoms with van der Waals surface area (Å²) in [5.41, 5.74) is 0. The predicted molar refractivity (Wildman–Crippen MR) is 41.7 cm³/mol. The molecule has 0 heterocycles. The van der Waals surface area contributed by atoms with Gasteiger partial charge in [-0.3, -0.25) is 0 Å². The maximum atomic E-state index is 12.0. The van der Waals surface area contributed by atoms with Gasteiger partial charge in [0.25, 0.3) is 0 Å². The molecule has 0 unspecified atom stereocenters. The lowest BCUT2D eigenvalue weighted by Gasteiger charge is -2.40. The van der Waals surface area contributed by atoms with Gasteiger partial charge in [0.15, 0.2) is 0 Å². The van der Waals surface area contributed by atoms with Gasteiger partial charge in [0.2, 0.25) is 0 Å². The minimum atomic E-state index is -9.54. The van der Waals surface area contributed by atoms with Gasteiger partial charge in [-0.05, 0) is 18.2 Å². The Hall–Kier alpha value is -0.490. The van der Waals surface area contributed by atoms with E-state index in [4.69, 9.17) is 11.6 Å². The fraction of sp³-hybridized carbons (Fsp3) is 0. The molecular weight excluding hydrogens is 235 g/mol. The van der Waals surface area contributed by atoms with Crippen molar-refractivity contribution in [2.24, 2.45) is 0 Å². The van der Waals surface area contributed by atoms with Crippen molar-refractivity contribution in [3.05, 3.63) is 29.3 Å². The Morgan fingerprint density at radius 1 is 1.08 bits per heavy atom. The van der Waals surface area contributed by atoms with E-state index in [9.17, 15) is 19.4 Å². The highest BCUT2D eigenvalue weighted by Crippen LogP contribution is 3.02. The van der Waals surface area contributed by atoms with Crippen molar-refractivity contribution in [1.29, 1.82) is 0 Å². The van der Waals surface area contributed by atoms with E-state index in [-0.39, 0.29) is 17.2 Å². The van der Waals surface area contributed by atoms with E-state index in [1.807, 2.05) is 6.07 Å². The molecule has 1 aromatic carbocycles. The molecular formula is C6H3ClF5S. The summed E-state index contributed by atoms with van der Waals surface area (Å²) in [5, 5.41) is -0.148. The number of benzene rings is 1. The van der Waals surface area contributed by atoms with Crippen LogP contribution in [0.5, 0.6) is 0 Å². The molecule has 1 radical (unpaired) electrons. The summed E-state index contributed by atoms with van der Waals surface area (Å²) in [6.45, 7) is 0. The fourth-order valence-corrected chi connectivity index (χ4v) is 1.36. The molecule has 0 atom stereocenters.